The zero-order chi connectivity index (χ0) is 13.6. The molecule has 0 saturated carbocycles. The highest BCUT2D eigenvalue weighted by atomic mass is 35.5. The van der Waals surface area contributed by atoms with Crippen LogP contribution in [0, 0.1) is 12.3 Å². The summed E-state index contributed by atoms with van der Waals surface area (Å²) in [6.07, 6.45) is 5.38. The largest absolute Gasteiger partial charge is 0.383 e. The van der Waals surface area contributed by atoms with E-state index in [0.717, 1.165) is 0 Å². The van der Waals surface area contributed by atoms with E-state index >= 15 is 0 Å². The van der Waals surface area contributed by atoms with Gasteiger partial charge in [-0.05, 0) is 25.4 Å². The first kappa shape index (κ1) is 14.5. The van der Waals surface area contributed by atoms with Gasteiger partial charge in [0.15, 0.2) is 0 Å². The highest BCUT2D eigenvalue weighted by Gasteiger charge is 2.16. The predicted molar refractivity (Wildman–Crippen MR) is 71.7 cm³/mol. The fraction of sp³-hybridized carbons (Fsp3) is 0.545. The maximum atomic E-state index is 5.81. The van der Waals surface area contributed by atoms with Crippen molar-refractivity contribution in [1.29, 1.82) is 0 Å². The van der Waals surface area contributed by atoms with Crippen molar-refractivity contribution in [3.8, 4) is 12.3 Å². The van der Waals surface area contributed by atoms with E-state index < -0.39 is 5.54 Å². The molecule has 1 aromatic rings. The quantitative estimate of drug-likeness (QED) is 0.601. The second kappa shape index (κ2) is 6.38. The molecule has 0 aromatic carbocycles. The third-order valence-electron chi connectivity index (χ3n) is 1.98. The number of terminal acetylenes is 1. The molecule has 1 aromatic heterocycles. The molecule has 1 heterocycles. The number of rotatable bonds is 6. The van der Waals surface area contributed by atoms with Crippen LogP contribution in [0.1, 0.15) is 13.8 Å². The lowest BCUT2D eigenvalue weighted by Gasteiger charge is -2.19. The molecule has 6 nitrogen and oxygen atoms in total. The second-order valence-corrected chi connectivity index (χ2v) is 4.40. The van der Waals surface area contributed by atoms with Crippen LogP contribution in [0.15, 0.2) is 0 Å². The van der Waals surface area contributed by atoms with Gasteiger partial charge in [-0.15, -0.1) is 6.42 Å². The maximum absolute atomic E-state index is 5.81. The Balaban J connectivity index is 2.78. The smallest absolute Gasteiger partial charge is 0.229 e. The van der Waals surface area contributed by atoms with Gasteiger partial charge >= 0.3 is 0 Å². The lowest BCUT2D eigenvalue weighted by molar-refractivity contribution is 0.210. The Labute approximate surface area is 112 Å². The van der Waals surface area contributed by atoms with Crippen LogP contribution in [0.5, 0.6) is 0 Å². The third kappa shape index (κ3) is 4.73. The van der Waals surface area contributed by atoms with Crippen LogP contribution in [0.2, 0.25) is 5.28 Å². The molecular formula is C11H16ClN5O. The fourth-order valence-electron chi connectivity index (χ4n) is 1.07. The summed E-state index contributed by atoms with van der Waals surface area (Å²) in [5.41, 5.74) is -0.561. The van der Waals surface area contributed by atoms with Crippen molar-refractivity contribution in [2.75, 3.05) is 30.9 Å². The van der Waals surface area contributed by atoms with Gasteiger partial charge in [-0.1, -0.05) is 5.92 Å². The number of aromatic nitrogens is 3. The summed E-state index contributed by atoms with van der Waals surface area (Å²) in [6.45, 7) is 4.79. The van der Waals surface area contributed by atoms with Crippen LogP contribution in [0.25, 0.3) is 0 Å². The molecule has 18 heavy (non-hydrogen) atoms. The maximum Gasteiger partial charge on any atom is 0.229 e. The highest BCUT2D eigenvalue weighted by molar-refractivity contribution is 6.28. The number of nitrogens with zero attached hydrogens (tertiary/aromatic N) is 3. The zero-order valence-corrected chi connectivity index (χ0v) is 11.4. The van der Waals surface area contributed by atoms with Crippen molar-refractivity contribution < 1.29 is 4.74 Å². The Hall–Kier alpha value is -1.58. The van der Waals surface area contributed by atoms with Gasteiger partial charge in [0.05, 0.1) is 12.1 Å². The summed E-state index contributed by atoms with van der Waals surface area (Å²) < 4.78 is 4.91. The molecule has 2 N–H and O–H groups in total. The van der Waals surface area contributed by atoms with Gasteiger partial charge < -0.3 is 15.4 Å². The minimum atomic E-state index is -0.561. The van der Waals surface area contributed by atoms with Crippen molar-refractivity contribution in [2.24, 2.45) is 0 Å². The normalized spacial score (nSPS) is 10.8. The molecule has 0 amide bonds. The van der Waals surface area contributed by atoms with Crippen molar-refractivity contribution >= 4 is 23.5 Å². The second-order valence-electron chi connectivity index (χ2n) is 4.07. The molecule has 0 radical (unpaired) electrons. The van der Waals surface area contributed by atoms with Gasteiger partial charge in [0.1, 0.15) is 0 Å². The number of hydrogen-bond donors (Lipinski definition) is 2. The first-order chi connectivity index (χ1) is 8.46. The van der Waals surface area contributed by atoms with Gasteiger partial charge in [0.2, 0.25) is 17.2 Å². The van der Waals surface area contributed by atoms with Crippen LogP contribution in [-0.2, 0) is 4.74 Å². The van der Waals surface area contributed by atoms with Gasteiger partial charge in [0, 0.05) is 13.7 Å². The molecule has 0 unspecified atom stereocenters. The Kier molecular flexibility index (Phi) is 5.13. The van der Waals surface area contributed by atoms with E-state index in [4.69, 9.17) is 22.8 Å². The predicted octanol–water partition coefficient (Wildman–Crippen LogP) is 1.41. The molecule has 7 heteroatoms. The molecule has 0 atom stereocenters. The monoisotopic (exact) mass is 269 g/mol. The molecule has 0 fully saturated rings. The molecule has 98 valence electrons. The van der Waals surface area contributed by atoms with E-state index in [1.807, 2.05) is 13.8 Å². The van der Waals surface area contributed by atoms with E-state index in [0.29, 0.717) is 25.0 Å². The Morgan fingerprint density at radius 3 is 2.61 bits per heavy atom. The number of nitrogens with one attached hydrogen (secondary N) is 2. The Morgan fingerprint density at radius 2 is 2.00 bits per heavy atom. The van der Waals surface area contributed by atoms with Gasteiger partial charge in [0.25, 0.3) is 0 Å². The summed E-state index contributed by atoms with van der Waals surface area (Å²) in [4.78, 5) is 12.1. The van der Waals surface area contributed by atoms with E-state index in [1.54, 1.807) is 7.11 Å². The Morgan fingerprint density at radius 1 is 1.33 bits per heavy atom. The molecule has 0 aliphatic heterocycles. The minimum absolute atomic E-state index is 0.0974. The summed E-state index contributed by atoms with van der Waals surface area (Å²) in [6, 6.07) is 0. The van der Waals surface area contributed by atoms with E-state index in [-0.39, 0.29) is 5.28 Å². The van der Waals surface area contributed by atoms with Crippen LogP contribution >= 0.6 is 11.6 Å². The number of ether oxygens (including phenoxy) is 1. The first-order valence-corrected chi connectivity index (χ1v) is 5.75. The minimum Gasteiger partial charge on any atom is -0.383 e. The number of anilines is 2. The SMILES string of the molecule is C#CC(C)(C)Nc1nc(Cl)nc(NCCOC)n1. The summed E-state index contributed by atoms with van der Waals surface area (Å²) in [5.74, 6) is 3.29. The van der Waals surface area contributed by atoms with Gasteiger partial charge in [-0.25, -0.2) is 0 Å². The molecule has 0 bridgehead atoms. The first-order valence-electron chi connectivity index (χ1n) is 5.37. The third-order valence-corrected chi connectivity index (χ3v) is 2.15. The van der Waals surface area contributed by atoms with Crippen molar-refractivity contribution in [3.05, 3.63) is 5.28 Å². The van der Waals surface area contributed by atoms with E-state index in [9.17, 15) is 0 Å². The van der Waals surface area contributed by atoms with Crippen molar-refractivity contribution in [1.82, 2.24) is 15.0 Å². The van der Waals surface area contributed by atoms with Crippen LogP contribution in [0.3, 0.4) is 0 Å². The summed E-state index contributed by atoms with van der Waals surface area (Å²) in [5, 5.41) is 6.05. The Bertz CT molecular complexity index is 444. The van der Waals surface area contributed by atoms with E-state index in [2.05, 4.69) is 31.5 Å². The number of hydrogen-bond acceptors (Lipinski definition) is 6. The lowest BCUT2D eigenvalue weighted by Crippen LogP contribution is -2.30. The van der Waals surface area contributed by atoms with Gasteiger partial charge in [-0.3, -0.25) is 0 Å². The lowest BCUT2D eigenvalue weighted by atomic mass is 10.1. The van der Waals surface area contributed by atoms with Gasteiger partial charge in [-0.2, -0.15) is 15.0 Å². The number of methoxy groups -OCH3 is 1. The van der Waals surface area contributed by atoms with Crippen LogP contribution in [-0.4, -0.2) is 40.8 Å². The van der Waals surface area contributed by atoms with Crippen molar-refractivity contribution in [2.45, 2.75) is 19.4 Å². The average Bonchev–Trinajstić information content (AvgIpc) is 2.28. The van der Waals surface area contributed by atoms with E-state index in [1.165, 1.54) is 0 Å². The molecule has 0 aliphatic rings. The average molecular weight is 270 g/mol. The summed E-state index contributed by atoms with van der Waals surface area (Å²) in [7, 11) is 1.62. The topological polar surface area (TPSA) is 72.0 Å². The zero-order valence-electron chi connectivity index (χ0n) is 10.6. The molecule has 0 aliphatic carbocycles. The summed E-state index contributed by atoms with van der Waals surface area (Å²) >= 11 is 5.81. The fourth-order valence-corrected chi connectivity index (χ4v) is 1.23. The number of halogens is 1. The highest BCUT2D eigenvalue weighted by Crippen LogP contribution is 2.13. The molecule has 0 spiro atoms. The molecule has 1 rings (SSSR count). The van der Waals surface area contributed by atoms with Crippen LogP contribution < -0.4 is 10.6 Å². The van der Waals surface area contributed by atoms with Crippen LogP contribution in [0.4, 0.5) is 11.9 Å². The molecule has 0 saturated heterocycles. The standard InChI is InChI=1S/C11H16ClN5O/c1-5-11(2,3)17-10-15-8(12)14-9(16-10)13-6-7-18-4/h1H,6-7H2,2-4H3,(H2,13,14,15,16,17). The van der Waals surface area contributed by atoms with Crippen molar-refractivity contribution in [3.63, 3.8) is 0 Å². The molecular weight excluding hydrogens is 254 g/mol.